The van der Waals surface area contributed by atoms with E-state index in [1.807, 2.05) is 0 Å². The molecule has 16 heavy (non-hydrogen) atoms. The van der Waals surface area contributed by atoms with Crippen LogP contribution in [0, 0.1) is 5.92 Å². The minimum absolute atomic E-state index is 0.609. The summed E-state index contributed by atoms with van der Waals surface area (Å²) in [6.45, 7) is 6.75. The van der Waals surface area contributed by atoms with Crippen LogP contribution < -0.4 is 5.32 Å². The monoisotopic (exact) mass is 217 g/mol. The lowest BCUT2D eigenvalue weighted by molar-refractivity contribution is 0.642. The summed E-state index contributed by atoms with van der Waals surface area (Å²) in [7, 11) is 0. The van der Waals surface area contributed by atoms with Crippen LogP contribution in [0.1, 0.15) is 51.5 Å². The maximum Gasteiger partial charge on any atom is 0.0342 e. The quantitative estimate of drug-likeness (QED) is 0.770. The van der Waals surface area contributed by atoms with E-state index < -0.39 is 0 Å². The van der Waals surface area contributed by atoms with E-state index in [0.29, 0.717) is 12.0 Å². The van der Waals surface area contributed by atoms with Gasteiger partial charge in [0.25, 0.3) is 0 Å². The second kappa shape index (κ2) is 4.90. The largest absolute Gasteiger partial charge is 0.383 e. The van der Waals surface area contributed by atoms with Gasteiger partial charge in [0.15, 0.2) is 0 Å². The van der Waals surface area contributed by atoms with Gasteiger partial charge in [0, 0.05) is 11.7 Å². The number of rotatable bonds is 5. The fourth-order valence-electron chi connectivity index (χ4n) is 2.16. The summed E-state index contributed by atoms with van der Waals surface area (Å²) in [4.78, 5) is 0. The molecule has 1 heteroatoms. The van der Waals surface area contributed by atoms with E-state index in [1.54, 1.807) is 0 Å². The lowest BCUT2D eigenvalue weighted by atomic mass is 10.0. The first-order valence-corrected chi connectivity index (χ1v) is 6.51. The molecule has 0 saturated heterocycles. The van der Waals surface area contributed by atoms with Crippen molar-refractivity contribution in [2.45, 2.75) is 52.0 Å². The molecule has 0 heterocycles. The third kappa shape index (κ3) is 3.26. The van der Waals surface area contributed by atoms with Crippen LogP contribution in [0.25, 0.3) is 0 Å². The summed E-state index contributed by atoms with van der Waals surface area (Å²) in [6, 6.07) is 9.49. The molecular weight excluding hydrogens is 194 g/mol. The zero-order valence-electron chi connectivity index (χ0n) is 10.7. The van der Waals surface area contributed by atoms with E-state index in [0.717, 1.165) is 5.92 Å². The molecule has 1 saturated carbocycles. The first-order chi connectivity index (χ1) is 7.65. The molecule has 1 aromatic rings. The van der Waals surface area contributed by atoms with Crippen LogP contribution in [-0.2, 0) is 0 Å². The molecule has 0 aliphatic heterocycles. The smallest absolute Gasteiger partial charge is 0.0342 e. The van der Waals surface area contributed by atoms with Crippen molar-refractivity contribution >= 4 is 5.69 Å². The van der Waals surface area contributed by atoms with Crippen LogP contribution in [0.15, 0.2) is 24.3 Å². The Bertz CT molecular complexity index is 322. The fourth-order valence-corrected chi connectivity index (χ4v) is 2.16. The third-order valence-electron chi connectivity index (χ3n) is 3.37. The van der Waals surface area contributed by atoms with Gasteiger partial charge in [-0.05, 0) is 42.9 Å². The van der Waals surface area contributed by atoms with Gasteiger partial charge >= 0.3 is 0 Å². The first kappa shape index (κ1) is 11.5. The molecule has 1 aliphatic carbocycles. The molecule has 1 unspecified atom stereocenters. The van der Waals surface area contributed by atoms with Gasteiger partial charge in [-0.25, -0.2) is 0 Å². The normalized spacial score (nSPS) is 17.5. The Labute approximate surface area is 99.3 Å². The molecular formula is C15H23N. The Morgan fingerprint density at radius 1 is 1.12 bits per heavy atom. The molecule has 1 atom stereocenters. The molecule has 0 radical (unpaired) electrons. The maximum absolute atomic E-state index is 3.58. The van der Waals surface area contributed by atoms with Gasteiger partial charge < -0.3 is 5.32 Å². The maximum atomic E-state index is 3.58. The van der Waals surface area contributed by atoms with E-state index in [9.17, 15) is 0 Å². The number of anilines is 1. The Kier molecular flexibility index (Phi) is 3.52. The van der Waals surface area contributed by atoms with E-state index in [4.69, 9.17) is 0 Å². The summed E-state index contributed by atoms with van der Waals surface area (Å²) in [5.74, 6) is 1.62. The second-order valence-corrected chi connectivity index (χ2v) is 5.50. The summed E-state index contributed by atoms with van der Waals surface area (Å²) in [5, 5.41) is 3.58. The van der Waals surface area contributed by atoms with Crippen molar-refractivity contribution in [3.05, 3.63) is 29.8 Å². The Hall–Kier alpha value is -0.980. The van der Waals surface area contributed by atoms with E-state index >= 15 is 0 Å². The van der Waals surface area contributed by atoms with Crippen LogP contribution in [-0.4, -0.2) is 6.04 Å². The molecule has 1 N–H and O–H groups in total. The minimum atomic E-state index is 0.609. The van der Waals surface area contributed by atoms with Gasteiger partial charge in [0.1, 0.15) is 0 Å². The molecule has 88 valence electrons. The lowest BCUT2D eigenvalue weighted by Gasteiger charge is -2.15. The number of benzene rings is 1. The summed E-state index contributed by atoms with van der Waals surface area (Å²) in [5.41, 5.74) is 2.68. The van der Waals surface area contributed by atoms with Crippen LogP contribution in [0.3, 0.4) is 0 Å². The Balaban J connectivity index is 1.88. The average Bonchev–Trinajstić information content (AvgIpc) is 3.02. The van der Waals surface area contributed by atoms with Crippen molar-refractivity contribution in [3.63, 3.8) is 0 Å². The van der Waals surface area contributed by atoms with Crippen LogP contribution >= 0.6 is 0 Å². The predicted molar refractivity (Wildman–Crippen MR) is 71.0 cm³/mol. The van der Waals surface area contributed by atoms with E-state index in [-0.39, 0.29) is 0 Å². The highest BCUT2D eigenvalue weighted by Crippen LogP contribution is 2.34. The van der Waals surface area contributed by atoms with Gasteiger partial charge in [-0.3, -0.25) is 0 Å². The van der Waals surface area contributed by atoms with E-state index in [1.165, 1.54) is 30.5 Å². The highest BCUT2D eigenvalue weighted by atomic mass is 14.9. The van der Waals surface area contributed by atoms with Gasteiger partial charge in [-0.1, -0.05) is 38.8 Å². The van der Waals surface area contributed by atoms with Gasteiger partial charge in [0.2, 0.25) is 0 Å². The number of hydrogen-bond acceptors (Lipinski definition) is 1. The predicted octanol–water partition coefficient (Wildman–Crippen LogP) is 4.41. The average molecular weight is 217 g/mol. The highest BCUT2D eigenvalue weighted by Gasteiger charge is 2.23. The van der Waals surface area contributed by atoms with Gasteiger partial charge in [0.05, 0.1) is 0 Å². The van der Waals surface area contributed by atoms with Gasteiger partial charge in [-0.2, -0.15) is 0 Å². The Morgan fingerprint density at radius 2 is 1.75 bits per heavy atom. The topological polar surface area (TPSA) is 12.0 Å². The van der Waals surface area contributed by atoms with Crippen molar-refractivity contribution in [1.82, 2.24) is 0 Å². The summed E-state index contributed by atoms with van der Waals surface area (Å²) < 4.78 is 0. The SMILES string of the molecule is CC(CC1CC1)Nc1ccc(C(C)C)cc1. The molecule has 1 nitrogen and oxygen atoms in total. The first-order valence-electron chi connectivity index (χ1n) is 6.51. The highest BCUT2D eigenvalue weighted by molar-refractivity contribution is 5.45. The molecule has 0 spiro atoms. The lowest BCUT2D eigenvalue weighted by Crippen LogP contribution is -2.15. The van der Waals surface area contributed by atoms with Crippen molar-refractivity contribution < 1.29 is 0 Å². The van der Waals surface area contributed by atoms with Crippen LogP contribution in [0.2, 0.25) is 0 Å². The number of nitrogens with one attached hydrogen (secondary N) is 1. The van der Waals surface area contributed by atoms with Crippen molar-refractivity contribution in [2.75, 3.05) is 5.32 Å². The Morgan fingerprint density at radius 3 is 2.25 bits per heavy atom. The molecule has 0 amide bonds. The zero-order valence-corrected chi connectivity index (χ0v) is 10.7. The molecule has 0 aromatic heterocycles. The molecule has 0 bridgehead atoms. The summed E-state index contributed by atoms with van der Waals surface area (Å²) in [6.07, 6.45) is 4.21. The summed E-state index contributed by atoms with van der Waals surface area (Å²) >= 11 is 0. The van der Waals surface area contributed by atoms with Crippen molar-refractivity contribution in [3.8, 4) is 0 Å². The van der Waals surface area contributed by atoms with Crippen LogP contribution in [0.5, 0.6) is 0 Å². The van der Waals surface area contributed by atoms with Gasteiger partial charge in [-0.15, -0.1) is 0 Å². The third-order valence-corrected chi connectivity index (χ3v) is 3.37. The second-order valence-electron chi connectivity index (χ2n) is 5.50. The zero-order chi connectivity index (χ0) is 11.5. The van der Waals surface area contributed by atoms with E-state index in [2.05, 4.69) is 50.4 Å². The van der Waals surface area contributed by atoms with Crippen molar-refractivity contribution in [2.24, 2.45) is 5.92 Å². The number of hydrogen-bond donors (Lipinski definition) is 1. The molecule has 1 fully saturated rings. The molecule has 1 aliphatic rings. The molecule has 1 aromatic carbocycles. The molecule has 2 rings (SSSR count). The standard InChI is InChI=1S/C15H23N/c1-11(2)14-6-8-15(9-7-14)16-12(3)10-13-4-5-13/h6-9,11-13,16H,4-5,10H2,1-3H3. The van der Waals surface area contributed by atoms with Crippen molar-refractivity contribution in [1.29, 1.82) is 0 Å². The fraction of sp³-hybridized carbons (Fsp3) is 0.600. The van der Waals surface area contributed by atoms with Crippen LogP contribution in [0.4, 0.5) is 5.69 Å². The minimum Gasteiger partial charge on any atom is -0.383 e.